The largest absolute Gasteiger partial charge is 0.497 e. The van der Waals surface area contributed by atoms with Crippen molar-refractivity contribution < 1.29 is 8.95 Å². The lowest BCUT2D eigenvalue weighted by Crippen LogP contribution is -2.20. The molecule has 142 valence electrons. The smallest absolute Gasteiger partial charge is 0.145 e. The van der Waals surface area contributed by atoms with E-state index >= 15 is 0 Å². The lowest BCUT2D eigenvalue weighted by atomic mass is 10.1. The van der Waals surface area contributed by atoms with Gasteiger partial charge in [-0.05, 0) is 83.2 Å². The molecule has 1 unspecified atom stereocenters. The van der Waals surface area contributed by atoms with Crippen molar-refractivity contribution in [2.24, 2.45) is 4.40 Å². The molecule has 0 saturated carbocycles. The third-order valence-corrected chi connectivity index (χ3v) is 6.49. The highest BCUT2D eigenvalue weighted by molar-refractivity contribution is 7.85. The molecule has 0 saturated heterocycles. The van der Waals surface area contributed by atoms with Crippen molar-refractivity contribution >= 4 is 28.0 Å². The van der Waals surface area contributed by atoms with E-state index in [2.05, 4.69) is 47.7 Å². The summed E-state index contributed by atoms with van der Waals surface area (Å²) in [6, 6.07) is 10.4. The molecule has 4 nitrogen and oxygen atoms in total. The van der Waals surface area contributed by atoms with Gasteiger partial charge in [-0.15, -0.1) is 11.3 Å². The number of rotatable bonds is 6. The second-order valence-corrected chi connectivity index (χ2v) is 10.5. The molecule has 0 N–H and O–H groups in total. The summed E-state index contributed by atoms with van der Waals surface area (Å²) in [4.78, 5) is 4.37. The van der Waals surface area contributed by atoms with Crippen LogP contribution < -0.4 is 4.74 Å². The van der Waals surface area contributed by atoms with E-state index in [4.69, 9.17) is 4.74 Å². The Kier molecular flexibility index (Phi) is 6.77. The first kappa shape index (κ1) is 20.8. The zero-order chi connectivity index (χ0) is 19.5. The Morgan fingerprint density at radius 2 is 1.92 bits per heavy atom. The molecule has 1 aromatic heterocycles. The summed E-state index contributed by atoms with van der Waals surface area (Å²) >= 11 is 1.68. The molecule has 0 amide bonds. The van der Waals surface area contributed by atoms with Gasteiger partial charge in [-0.25, -0.2) is 4.21 Å². The first-order chi connectivity index (χ1) is 12.1. The monoisotopic (exact) mass is 392 g/mol. The van der Waals surface area contributed by atoms with Crippen molar-refractivity contribution in [2.75, 3.05) is 21.2 Å². The second-order valence-electron chi connectivity index (χ2n) is 7.46. The van der Waals surface area contributed by atoms with Crippen molar-refractivity contribution in [3.63, 3.8) is 0 Å². The quantitative estimate of drug-likeness (QED) is 0.666. The first-order valence-electron chi connectivity index (χ1n) is 8.51. The average Bonchev–Trinajstić information content (AvgIpc) is 3.03. The van der Waals surface area contributed by atoms with Gasteiger partial charge >= 0.3 is 0 Å². The predicted molar refractivity (Wildman–Crippen MR) is 114 cm³/mol. The molecular weight excluding hydrogens is 364 g/mol. The summed E-state index contributed by atoms with van der Waals surface area (Å²) in [5.74, 6) is 0.862. The zero-order valence-corrected chi connectivity index (χ0v) is 18.3. The van der Waals surface area contributed by atoms with E-state index in [0.29, 0.717) is 0 Å². The summed E-state index contributed by atoms with van der Waals surface area (Å²) in [6.07, 6.45) is 0. The number of nitrogens with zero attached hydrogens (tertiary/aromatic N) is 2. The van der Waals surface area contributed by atoms with Crippen molar-refractivity contribution in [2.45, 2.75) is 39.0 Å². The van der Waals surface area contributed by atoms with Crippen LogP contribution in [-0.4, -0.2) is 40.8 Å². The predicted octanol–water partition coefficient (Wildman–Crippen LogP) is 4.76. The minimum absolute atomic E-state index is 0.351. The van der Waals surface area contributed by atoms with E-state index in [1.54, 1.807) is 18.4 Å². The van der Waals surface area contributed by atoms with Crippen LogP contribution in [0.4, 0.5) is 0 Å². The lowest BCUT2D eigenvalue weighted by molar-refractivity contribution is 0.396. The molecule has 26 heavy (non-hydrogen) atoms. The molecular formula is C20H28N2O2S2. The van der Waals surface area contributed by atoms with Crippen LogP contribution in [-0.2, 0) is 17.5 Å². The molecule has 2 rings (SSSR count). The molecule has 0 bridgehead atoms. The molecule has 2 aromatic rings. The minimum Gasteiger partial charge on any atom is -0.497 e. The Hall–Kier alpha value is -1.50. The third kappa shape index (κ3) is 5.25. The van der Waals surface area contributed by atoms with E-state index < -0.39 is 11.0 Å². The van der Waals surface area contributed by atoms with Crippen LogP contribution in [0, 0.1) is 0 Å². The lowest BCUT2D eigenvalue weighted by Gasteiger charge is -2.15. The topological polar surface area (TPSA) is 41.9 Å². The molecule has 0 aliphatic carbocycles. The third-order valence-electron chi connectivity index (χ3n) is 3.77. The summed E-state index contributed by atoms with van der Waals surface area (Å²) < 4.78 is 21.7. The van der Waals surface area contributed by atoms with Crippen LogP contribution in [0.15, 0.2) is 34.7 Å². The van der Waals surface area contributed by atoms with Crippen LogP contribution in [0.2, 0.25) is 0 Å². The van der Waals surface area contributed by atoms with Gasteiger partial charge in [0.25, 0.3) is 0 Å². The number of hydrogen-bond acceptors (Lipinski definition) is 4. The van der Waals surface area contributed by atoms with Crippen LogP contribution in [0.25, 0.3) is 10.4 Å². The Morgan fingerprint density at radius 3 is 2.50 bits per heavy atom. The Balaban J connectivity index is 2.38. The van der Waals surface area contributed by atoms with Gasteiger partial charge < -0.3 is 9.64 Å². The van der Waals surface area contributed by atoms with Gasteiger partial charge in [-0.2, -0.15) is 4.40 Å². The van der Waals surface area contributed by atoms with Gasteiger partial charge in [0.2, 0.25) is 0 Å². The van der Waals surface area contributed by atoms with Crippen LogP contribution >= 0.6 is 11.3 Å². The minimum atomic E-state index is -1.25. The number of thiophene rings is 1. The van der Waals surface area contributed by atoms with Gasteiger partial charge in [-0.1, -0.05) is 0 Å². The van der Waals surface area contributed by atoms with Crippen molar-refractivity contribution in [3.05, 3.63) is 40.8 Å². The van der Waals surface area contributed by atoms with Crippen molar-refractivity contribution in [3.8, 4) is 16.2 Å². The maximum absolute atomic E-state index is 12.3. The summed E-state index contributed by atoms with van der Waals surface area (Å²) in [6.45, 7) is 8.56. The number of benzene rings is 1. The first-order valence-corrected chi connectivity index (χ1v) is 10.4. The normalized spacial score (nSPS) is 13.9. The van der Waals surface area contributed by atoms with Crippen molar-refractivity contribution in [1.82, 2.24) is 4.90 Å². The Morgan fingerprint density at radius 1 is 1.23 bits per heavy atom. The molecule has 0 spiro atoms. The van der Waals surface area contributed by atoms with E-state index in [0.717, 1.165) is 22.9 Å². The molecule has 0 radical (unpaired) electrons. The number of hydrogen-bond donors (Lipinski definition) is 0. The highest BCUT2D eigenvalue weighted by Crippen LogP contribution is 2.34. The molecule has 1 heterocycles. The van der Waals surface area contributed by atoms with Crippen molar-refractivity contribution in [1.29, 1.82) is 0 Å². The van der Waals surface area contributed by atoms with E-state index in [-0.39, 0.29) is 4.75 Å². The van der Waals surface area contributed by atoms with Crippen LogP contribution in [0.1, 0.15) is 38.1 Å². The van der Waals surface area contributed by atoms with Gasteiger partial charge in [0.15, 0.2) is 0 Å². The molecule has 0 aliphatic heterocycles. The van der Waals surface area contributed by atoms with Gasteiger partial charge in [0, 0.05) is 16.3 Å². The fourth-order valence-corrected chi connectivity index (χ4v) is 4.08. The highest BCUT2D eigenvalue weighted by Gasteiger charge is 2.20. The molecule has 1 atom stereocenters. The van der Waals surface area contributed by atoms with Gasteiger partial charge in [0.1, 0.15) is 16.7 Å². The number of ether oxygens (including phenoxy) is 1. The molecule has 1 aromatic carbocycles. The van der Waals surface area contributed by atoms with E-state index in [1.807, 2.05) is 33.8 Å². The van der Waals surface area contributed by atoms with E-state index in [1.165, 1.54) is 16.0 Å². The standard InChI is InChI=1S/C20H28N2O2S2/c1-14(21-26(23)20(2,3)4)18-10-11-19(25-18)17-9-8-16(24-7)12-15(17)13-22(5)6/h8-12H,13H2,1-7H3. The second kappa shape index (κ2) is 8.46. The van der Waals surface area contributed by atoms with Gasteiger partial charge in [0.05, 0.1) is 17.6 Å². The highest BCUT2D eigenvalue weighted by atomic mass is 32.2. The van der Waals surface area contributed by atoms with Crippen LogP contribution in [0.3, 0.4) is 0 Å². The average molecular weight is 393 g/mol. The van der Waals surface area contributed by atoms with Crippen LogP contribution in [0.5, 0.6) is 5.75 Å². The fourth-order valence-electron chi connectivity index (χ4n) is 2.39. The Labute approximate surface area is 163 Å². The van der Waals surface area contributed by atoms with Gasteiger partial charge in [-0.3, -0.25) is 0 Å². The molecule has 0 fully saturated rings. The molecule has 0 aliphatic rings. The maximum atomic E-state index is 12.3. The SMILES string of the molecule is COc1ccc(-c2ccc(C(C)=NS(=O)C(C)(C)C)s2)c(CN(C)C)c1. The summed E-state index contributed by atoms with van der Waals surface area (Å²) in [7, 11) is 4.55. The number of methoxy groups -OCH3 is 1. The maximum Gasteiger partial charge on any atom is 0.145 e. The molecule has 6 heteroatoms. The fraction of sp³-hybridized carbons (Fsp3) is 0.450. The Bertz CT molecular complexity index is 817. The van der Waals surface area contributed by atoms with E-state index in [9.17, 15) is 4.21 Å². The summed E-state index contributed by atoms with van der Waals surface area (Å²) in [5, 5.41) is 0. The zero-order valence-electron chi connectivity index (χ0n) is 16.6. The summed E-state index contributed by atoms with van der Waals surface area (Å²) in [5.41, 5.74) is 3.23.